The van der Waals surface area contributed by atoms with Crippen molar-refractivity contribution in [2.75, 3.05) is 7.11 Å². The lowest BCUT2D eigenvalue weighted by Gasteiger charge is -2.07. The fraction of sp³-hybridized carbons (Fsp3) is 0.111. The monoisotopic (exact) mass is 354 g/mol. The first-order valence-corrected chi connectivity index (χ1v) is 7.59. The Bertz CT molecular complexity index is 936. The molecule has 0 spiro atoms. The van der Waals surface area contributed by atoms with Crippen LogP contribution < -0.4 is 4.74 Å². The first-order valence-electron chi connectivity index (χ1n) is 7.59. The normalized spacial score (nSPS) is 10.3. The minimum absolute atomic E-state index is 0.0338. The zero-order chi connectivity index (χ0) is 18.5. The summed E-state index contributed by atoms with van der Waals surface area (Å²) in [6.07, 6.45) is 0. The first kappa shape index (κ1) is 17.2. The van der Waals surface area contributed by atoms with Crippen molar-refractivity contribution in [1.29, 1.82) is 0 Å². The summed E-state index contributed by atoms with van der Waals surface area (Å²) in [5, 5.41) is 14.7. The maximum atomic E-state index is 12.3. The van der Waals surface area contributed by atoms with Crippen molar-refractivity contribution in [3.8, 4) is 17.1 Å². The molecule has 1 heterocycles. The zero-order valence-corrected chi connectivity index (χ0v) is 13.7. The quantitative estimate of drug-likeness (QED) is 0.378. The Morgan fingerprint density at radius 3 is 2.65 bits per heavy atom. The van der Waals surface area contributed by atoms with E-state index in [1.807, 2.05) is 30.3 Å². The lowest BCUT2D eigenvalue weighted by atomic mass is 10.1. The summed E-state index contributed by atoms with van der Waals surface area (Å²) in [7, 11) is 1.36. The van der Waals surface area contributed by atoms with Crippen molar-refractivity contribution < 1.29 is 23.7 Å². The fourth-order valence-corrected chi connectivity index (χ4v) is 2.30. The SMILES string of the molecule is COc1ccc([N+](=O)[O-])cc1C(=O)OCc1cc(-c2ccccc2)on1. The first-order chi connectivity index (χ1) is 12.6. The number of esters is 1. The van der Waals surface area contributed by atoms with Gasteiger partial charge in [0.15, 0.2) is 5.76 Å². The molecule has 0 bridgehead atoms. The molecule has 0 amide bonds. The summed E-state index contributed by atoms with van der Waals surface area (Å²) in [4.78, 5) is 22.6. The number of ether oxygens (including phenoxy) is 2. The summed E-state index contributed by atoms with van der Waals surface area (Å²) < 4.78 is 15.5. The van der Waals surface area contributed by atoms with Crippen LogP contribution >= 0.6 is 0 Å². The third-order valence-corrected chi connectivity index (χ3v) is 3.58. The molecule has 26 heavy (non-hydrogen) atoms. The topological polar surface area (TPSA) is 105 Å². The maximum Gasteiger partial charge on any atom is 0.342 e. The van der Waals surface area contributed by atoms with Crippen LogP contribution in [0.3, 0.4) is 0 Å². The highest BCUT2D eigenvalue weighted by molar-refractivity contribution is 5.93. The van der Waals surface area contributed by atoms with Crippen molar-refractivity contribution in [1.82, 2.24) is 5.16 Å². The molecule has 0 aliphatic heterocycles. The van der Waals surface area contributed by atoms with Crippen molar-refractivity contribution in [2.24, 2.45) is 0 Å². The molecule has 0 aliphatic carbocycles. The van der Waals surface area contributed by atoms with Crippen LogP contribution in [-0.4, -0.2) is 23.2 Å². The molecule has 0 aliphatic rings. The maximum absolute atomic E-state index is 12.3. The summed E-state index contributed by atoms with van der Waals surface area (Å²) >= 11 is 0. The third kappa shape index (κ3) is 3.69. The molecule has 8 nitrogen and oxygen atoms in total. The van der Waals surface area contributed by atoms with Gasteiger partial charge in [-0.3, -0.25) is 10.1 Å². The van der Waals surface area contributed by atoms with Crippen LogP contribution in [0.4, 0.5) is 5.69 Å². The predicted molar refractivity (Wildman–Crippen MR) is 90.7 cm³/mol. The number of carbonyl (C=O) groups excluding carboxylic acids is 1. The molecule has 0 atom stereocenters. The number of nitro benzene ring substituents is 1. The summed E-state index contributed by atoms with van der Waals surface area (Å²) in [5.74, 6) is -0.0230. The van der Waals surface area contributed by atoms with Crippen LogP contribution in [0.2, 0.25) is 0 Å². The number of methoxy groups -OCH3 is 1. The number of hydrogen-bond acceptors (Lipinski definition) is 7. The van der Waals surface area contributed by atoms with Gasteiger partial charge in [-0.05, 0) is 6.07 Å². The van der Waals surface area contributed by atoms with Gasteiger partial charge in [0, 0.05) is 23.8 Å². The zero-order valence-electron chi connectivity index (χ0n) is 13.7. The van der Waals surface area contributed by atoms with E-state index in [1.54, 1.807) is 6.07 Å². The number of aromatic nitrogens is 1. The van der Waals surface area contributed by atoms with Gasteiger partial charge in [-0.15, -0.1) is 0 Å². The number of carbonyl (C=O) groups is 1. The molecular formula is C18H14N2O6. The Hall–Kier alpha value is -3.68. The predicted octanol–water partition coefficient (Wildman–Crippen LogP) is 3.62. The van der Waals surface area contributed by atoms with Crippen molar-refractivity contribution in [3.63, 3.8) is 0 Å². The van der Waals surface area contributed by atoms with Crippen LogP contribution in [0.25, 0.3) is 11.3 Å². The molecule has 3 aromatic rings. The second-order valence-electron chi connectivity index (χ2n) is 5.27. The molecule has 0 N–H and O–H groups in total. The van der Waals surface area contributed by atoms with Gasteiger partial charge in [0.25, 0.3) is 5.69 Å². The van der Waals surface area contributed by atoms with E-state index >= 15 is 0 Å². The van der Waals surface area contributed by atoms with Gasteiger partial charge in [0.05, 0.1) is 12.0 Å². The smallest absolute Gasteiger partial charge is 0.342 e. The highest BCUT2D eigenvalue weighted by atomic mass is 16.6. The number of hydrogen-bond donors (Lipinski definition) is 0. The number of nitrogens with zero attached hydrogens (tertiary/aromatic N) is 2. The van der Waals surface area contributed by atoms with Gasteiger partial charge in [-0.1, -0.05) is 35.5 Å². The Kier molecular flexibility index (Phi) is 4.93. The van der Waals surface area contributed by atoms with Gasteiger partial charge in [-0.25, -0.2) is 4.79 Å². The van der Waals surface area contributed by atoms with Crippen LogP contribution in [-0.2, 0) is 11.3 Å². The summed E-state index contributed by atoms with van der Waals surface area (Å²) in [6, 6.07) is 14.7. The molecule has 0 fully saturated rings. The highest BCUT2D eigenvalue weighted by Gasteiger charge is 2.19. The standard InChI is InChI=1S/C18H14N2O6/c1-24-16-8-7-14(20(22)23)10-15(16)18(21)25-11-13-9-17(26-19-13)12-5-3-2-4-6-12/h2-10H,11H2,1H3. The highest BCUT2D eigenvalue weighted by Crippen LogP contribution is 2.25. The van der Waals surface area contributed by atoms with Crippen molar-refractivity contribution in [3.05, 3.63) is 76.0 Å². The number of nitro groups is 1. The molecule has 2 aromatic carbocycles. The molecule has 8 heteroatoms. The molecule has 1 aromatic heterocycles. The summed E-state index contributed by atoms with van der Waals surface area (Å²) in [6.45, 7) is -0.138. The Morgan fingerprint density at radius 2 is 1.96 bits per heavy atom. The third-order valence-electron chi connectivity index (χ3n) is 3.58. The lowest BCUT2D eigenvalue weighted by molar-refractivity contribution is -0.384. The van der Waals surface area contributed by atoms with E-state index in [-0.39, 0.29) is 23.6 Å². The van der Waals surface area contributed by atoms with E-state index < -0.39 is 10.9 Å². The second kappa shape index (κ2) is 7.47. The molecule has 0 unspecified atom stereocenters. The minimum Gasteiger partial charge on any atom is -0.496 e. The average Bonchev–Trinajstić information content (AvgIpc) is 3.15. The van der Waals surface area contributed by atoms with Crippen molar-refractivity contribution >= 4 is 11.7 Å². The Labute approximate surface area is 148 Å². The summed E-state index contributed by atoms with van der Waals surface area (Å²) in [5.41, 5.74) is 0.999. The molecule has 0 saturated carbocycles. The van der Waals surface area contributed by atoms with Crippen LogP contribution in [0.5, 0.6) is 5.75 Å². The van der Waals surface area contributed by atoms with E-state index in [2.05, 4.69) is 5.16 Å². The number of rotatable bonds is 6. The molecule has 132 valence electrons. The molecular weight excluding hydrogens is 340 g/mol. The molecule has 3 rings (SSSR count). The van der Waals surface area contributed by atoms with Gasteiger partial charge < -0.3 is 14.0 Å². The van der Waals surface area contributed by atoms with Gasteiger partial charge >= 0.3 is 5.97 Å². The molecule has 0 saturated heterocycles. The lowest BCUT2D eigenvalue weighted by Crippen LogP contribution is -2.08. The van der Waals surface area contributed by atoms with E-state index in [0.717, 1.165) is 11.6 Å². The fourth-order valence-electron chi connectivity index (χ4n) is 2.30. The van der Waals surface area contributed by atoms with Crippen LogP contribution in [0, 0.1) is 10.1 Å². The Morgan fingerprint density at radius 1 is 1.19 bits per heavy atom. The number of benzene rings is 2. The van der Waals surface area contributed by atoms with Crippen LogP contribution in [0.15, 0.2) is 59.1 Å². The van der Waals surface area contributed by atoms with Gasteiger partial charge in [-0.2, -0.15) is 0 Å². The van der Waals surface area contributed by atoms with Gasteiger partial charge in [0.1, 0.15) is 23.6 Å². The van der Waals surface area contributed by atoms with E-state index in [9.17, 15) is 14.9 Å². The van der Waals surface area contributed by atoms with E-state index in [0.29, 0.717) is 11.5 Å². The Balaban J connectivity index is 1.72. The van der Waals surface area contributed by atoms with E-state index in [1.165, 1.54) is 19.2 Å². The largest absolute Gasteiger partial charge is 0.496 e. The molecule has 0 radical (unpaired) electrons. The second-order valence-corrected chi connectivity index (χ2v) is 5.27. The average molecular weight is 354 g/mol. The van der Waals surface area contributed by atoms with E-state index in [4.69, 9.17) is 14.0 Å². The van der Waals surface area contributed by atoms with Crippen LogP contribution in [0.1, 0.15) is 16.1 Å². The van der Waals surface area contributed by atoms with Gasteiger partial charge in [0.2, 0.25) is 0 Å². The number of non-ortho nitro benzene ring substituents is 1. The van der Waals surface area contributed by atoms with Crippen molar-refractivity contribution in [2.45, 2.75) is 6.61 Å². The minimum atomic E-state index is -0.755.